The number of halogens is 1. The lowest BCUT2D eigenvalue weighted by Crippen LogP contribution is -2.26. The first kappa shape index (κ1) is 12.8. The van der Waals surface area contributed by atoms with Crippen LogP contribution >= 0.6 is 11.6 Å². The molecule has 4 nitrogen and oxygen atoms in total. The summed E-state index contributed by atoms with van der Waals surface area (Å²) in [5, 5.41) is 9.36. The van der Waals surface area contributed by atoms with Gasteiger partial charge in [-0.3, -0.25) is 0 Å². The van der Waals surface area contributed by atoms with Crippen LogP contribution in [0.25, 0.3) is 0 Å². The fourth-order valence-corrected chi connectivity index (χ4v) is 1.55. The molecule has 1 rings (SSSR count). The Kier molecular flexibility index (Phi) is 4.58. The third-order valence-electron chi connectivity index (χ3n) is 2.20. The van der Waals surface area contributed by atoms with Gasteiger partial charge in [0.2, 0.25) is 0 Å². The summed E-state index contributed by atoms with van der Waals surface area (Å²) in [6.07, 6.45) is -0.491. The van der Waals surface area contributed by atoms with Crippen LogP contribution in [0, 0.1) is 0 Å². The van der Waals surface area contributed by atoms with E-state index in [0.717, 1.165) is 0 Å². The van der Waals surface area contributed by atoms with E-state index in [2.05, 4.69) is 0 Å². The smallest absolute Gasteiger partial charge is 0.344 e. The molecule has 0 spiro atoms. The van der Waals surface area contributed by atoms with E-state index < -0.39 is 12.1 Å². The van der Waals surface area contributed by atoms with Crippen molar-refractivity contribution >= 4 is 17.6 Å². The normalized spacial score (nSPS) is 12.2. The Balaban J connectivity index is 2.95. The van der Waals surface area contributed by atoms with Crippen molar-refractivity contribution in [2.75, 3.05) is 0 Å². The highest BCUT2D eigenvalue weighted by molar-refractivity contribution is 6.31. The van der Waals surface area contributed by atoms with Crippen LogP contribution < -0.4 is 10.5 Å². The van der Waals surface area contributed by atoms with E-state index in [4.69, 9.17) is 27.2 Å². The SMILES string of the molecule is CCC(Oc1cccc(Cl)c1CN)C(=O)O. The third-order valence-corrected chi connectivity index (χ3v) is 2.55. The standard InChI is InChI=1S/C11H14ClNO3/c1-2-9(11(14)15)16-10-5-3-4-8(12)7(10)6-13/h3-5,9H,2,6,13H2,1H3,(H,14,15). The van der Waals surface area contributed by atoms with Gasteiger partial charge in [0.15, 0.2) is 6.10 Å². The minimum atomic E-state index is -0.995. The van der Waals surface area contributed by atoms with Gasteiger partial charge in [-0.2, -0.15) is 0 Å². The zero-order valence-corrected chi connectivity index (χ0v) is 9.70. The Labute approximate surface area is 99.0 Å². The van der Waals surface area contributed by atoms with Gasteiger partial charge in [0.1, 0.15) is 5.75 Å². The van der Waals surface area contributed by atoms with Crippen LogP contribution in [-0.2, 0) is 11.3 Å². The second kappa shape index (κ2) is 5.72. The van der Waals surface area contributed by atoms with E-state index in [-0.39, 0.29) is 6.54 Å². The Bertz CT molecular complexity index is 381. The number of carboxylic acids is 1. The van der Waals surface area contributed by atoms with E-state index in [9.17, 15) is 4.79 Å². The van der Waals surface area contributed by atoms with Crippen LogP contribution in [0.1, 0.15) is 18.9 Å². The summed E-state index contributed by atoms with van der Waals surface area (Å²) in [5.41, 5.74) is 6.16. The van der Waals surface area contributed by atoms with Crippen LogP contribution in [0.4, 0.5) is 0 Å². The predicted octanol–water partition coefficient (Wildman–Crippen LogP) is 2.04. The van der Waals surface area contributed by atoms with Crippen LogP contribution in [-0.4, -0.2) is 17.2 Å². The van der Waals surface area contributed by atoms with Crippen LogP contribution in [0.5, 0.6) is 5.75 Å². The number of carboxylic acid groups (broad SMARTS) is 1. The number of hydrogen-bond acceptors (Lipinski definition) is 3. The van der Waals surface area contributed by atoms with Gasteiger partial charge in [0.05, 0.1) is 0 Å². The number of aliphatic carboxylic acids is 1. The van der Waals surface area contributed by atoms with Gasteiger partial charge in [-0.25, -0.2) is 4.79 Å². The molecule has 1 aromatic carbocycles. The molecule has 3 N–H and O–H groups in total. The largest absolute Gasteiger partial charge is 0.479 e. The number of benzene rings is 1. The van der Waals surface area contributed by atoms with E-state index in [1.807, 2.05) is 0 Å². The van der Waals surface area contributed by atoms with E-state index in [1.54, 1.807) is 25.1 Å². The fraction of sp³-hybridized carbons (Fsp3) is 0.364. The first-order valence-electron chi connectivity index (χ1n) is 4.97. The lowest BCUT2D eigenvalue weighted by Gasteiger charge is -2.16. The lowest BCUT2D eigenvalue weighted by molar-refractivity contribution is -0.145. The Morgan fingerprint density at radius 2 is 2.31 bits per heavy atom. The summed E-state index contributed by atoms with van der Waals surface area (Å²) in [7, 11) is 0. The van der Waals surface area contributed by atoms with Crippen molar-refractivity contribution in [1.29, 1.82) is 0 Å². The molecule has 88 valence electrons. The van der Waals surface area contributed by atoms with Gasteiger partial charge < -0.3 is 15.6 Å². The molecule has 0 bridgehead atoms. The number of carbonyl (C=O) groups is 1. The van der Waals surface area contributed by atoms with Crippen LogP contribution in [0.3, 0.4) is 0 Å². The summed E-state index contributed by atoms with van der Waals surface area (Å²) in [4.78, 5) is 10.8. The Morgan fingerprint density at radius 3 is 2.81 bits per heavy atom. The highest BCUT2D eigenvalue weighted by Crippen LogP contribution is 2.27. The number of rotatable bonds is 5. The van der Waals surface area contributed by atoms with Crippen LogP contribution in [0.15, 0.2) is 18.2 Å². The van der Waals surface area contributed by atoms with Gasteiger partial charge >= 0.3 is 5.97 Å². The molecule has 0 saturated heterocycles. The molecule has 0 radical (unpaired) electrons. The summed E-state index contributed by atoms with van der Waals surface area (Å²) < 4.78 is 5.36. The Hall–Kier alpha value is -1.26. The molecule has 0 aliphatic rings. The predicted molar refractivity (Wildman–Crippen MR) is 61.7 cm³/mol. The van der Waals surface area contributed by atoms with Gasteiger partial charge in [0.25, 0.3) is 0 Å². The third kappa shape index (κ3) is 2.87. The maximum Gasteiger partial charge on any atom is 0.344 e. The zero-order chi connectivity index (χ0) is 12.1. The highest BCUT2D eigenvalue weighted by atomic mass is 35.5. The summed E-state index contributed by atoms with van der Waals surface area (Å²) >= 11 is 5.93. The maximum absolute atomic E-state index is 10.8. The van der Waals surface area contributed by atoms with Crippen molar-refractivity contribution in [2.24, 2.45) is 5.73 Å². The molecule has 1 atom stereocenters. The molecular formula is C11H14ClNO3. The Morgan fingerprint density at radius 1 is 1.62 bits per heavy atom. The molecule has 1 unspecified atom stereocenters. The molecule has 1 aromatic rings. The molecule has 5 heteroatoms. The van der Waals surface area contributed by atoms with Crippen molar-refractivity contribution in [3.63, 3.8) is 0 Å². The maximum atomic E-state index is 10.8. The van der Waals surface area contributed by atoms with E-state index in [1.165, 1.54) is 0 Å². The number of hydrogen-bond donors (Lipinski definition) is 2. The van der Waals surface area contributed by atoms with Gasteiger partial charge in [-0.05, 0) is 18.6 Å². The minimum absolute atomic E-state index is 0.213. The topological polar surface area (TPSA) is 72.5 Å². The average Bonchev–Trinajstić information content (AvgIpc) is 2.25. The summed E-state index contributed by atoms with van der Waals surface area (Å²) in [5.74, 6) is -0.560. The van der Waals surface area contributed by atoms with Crippen molar-refractivity contribution in [2.45, 2.75) is 26.0 Å². The zero-order valence-electron chi connectivity index (χ0n) is 8.94. The number of nitrogens with two attached hydrogens (primary N) is 1. The van der Waals surface area contributed by atoms with E-state index in [0.29, 0.717) is 22.8 Å². The second-order valence-electron chi connectivity index (χ2n) is 3.27. The molecule has 0 fully saturated rings. The first-order chi connectivity index (χ1) is 7.60. The molecule has 0 aromatic heterocycles. The van der Waals surface area contributed by atoms with E-state index >= 15 is 0 Å². The molecular weight excluding hydrogens is 230 g/mol. The average molecular weight is 244 g/mol. The molecule has 16 heavy (non-hydrogen) atoms. The lowest BCUT2D eigenvalue weighted by atomic mass is 10.2. The minimum Gasteiger partial charge on any atom is -0.479 e. The summed E-state index contributed by atoms with van der Waals surface area (Å²) in [6.45, 7) is 1.95. The first-order valence-corrected chi connectivity index (χ1v) is 5.34. The number of ether oxygens (including phenoxy) is 1. The molecule has 0 saturated carbocycles. The quantitative estimate of drug-likeness (QED) is 0.830. The van der Waals surface area contributed by atoms with Gasteiger partial charge in [-0.1, -0.05) is 24.6 Å². The van der Waals surface area contributed by atoms with Crippen molar-refractivity contribution in [3.8, 4) is 5.75 Å². The van der Waals surface area contributed by atoms with Crippen molar-refractivity contribution in [1.82, 2.24) is 0 Å². The summed E-state index contributed by atoms with van der Waals surface area (Å²) in [6, 6.07) is 5.06. The monoisotopic (exact) mass is 243 g/mol. The fourth-order valence-electron chi connectivity index (χ4n) is 1.31. The van der Waals surface area contributed by atoms with Crippen LogP contribution in [0.2, 0.25) is 5.02 Å². The molecule has 0 aliphatic carbocycles. The molecule has 0 heterocycles. The molecule has 0 aliphatic heterocycles. The second-order valence-corrected chi connectivity index (χ2v) is 3.68. The highest BCUT2D eigenvalue weighted by Gasteiger charge is 2.18. The van der Waals surface area contributed by atoms with Crippen molar-refractivity contribution in [3.05, 3.63) is 28.8 Å². The van der Waals surface area contributed by atoms with Crippen molar-refractivity contribution < 1.29 is 14.6 Å². The van der Waals surface area contributed by atoms with Gasteiger partial charge in [-0.15, -0.1) is 0 Å². The van der Waals surface area contributed by atoms with Gasteiger partial charge in [0, 0.05) is 17.1 Å². The molecule has 0 amide bonds.